The van der Waals surface area contributed by atoms with Crippen LogP contribution in [0.3, 0.4) is 0 Å². The lowest BCUT2D eigenvalue weighted by molar-refractivity contribution is 0.249. The Bertz CT molecular complexity index is 302. The maximum atomic E-state index is 11.7. The minimum absolute atomic E-state index is 0.0300. The van der Waals surface area contributed by atoms with Crippen LogP contribution < -0.4 is 4.72 Å². The molecule has 3 atom stereocenters. The molecule has 0 aromatic carbocycles. The molecule has 0 spiro atoms. The van der Waals surface area contributed by atoms with Gasteiger partial charge in [-0.05, 0) is 37.5 Å². The lowest BCUT2D eigenvalue weighted by atomic mass is 9.80. The summed E-state index contributed by atoms with van der Waals surface area (Å²) in [5.74, 6) is 1.14. The van der Waals surface area contributed by atoms with Crippen molar-refractivity contribution in [2.75, 3.05) is 12.4 Å². The van der Waals surface area contributed by atoms with Crippen molar-refractivity contribution in [2.24, 2.45) is 11.8 Å². The summed E-state index contributed by atoms with van der Waals surface area (Å²) in [5.41, 5.74) is 0. The standard InChI is InChI=1S/C11H23NO3S/c1-9-4-5-11(10(2)8-9)12-16(14,15)7-3-6-13/h9-13H,3-8H2,1-2H3. The smallest absolute Gasteiger partial charge is 0.211 e. The van der Waals surface area contributed by atoms with Gasteiger partial charge in [0.1, 0.15) is 0 Å². The molecule has 16 heavy (non-hydrogen) atoms. The van der Waals surface area contributed by atoms with Crippen molar-refractivity contribution < 1.29 is 13.5 Å². The van der Waals surface area contributed by atoms with Crippen LogP contribution in [-0.4, -0.2) is 31.9 Å². The van der Waals surface area contributed by atoms with Gasteiger partial charge in [-0.1, -0.05) is 13.8 Å². The number of hydrogen-bond acceptors (Lipinski definition) is 3. The van der Waals surface area contributed by atoms with Crippen molar-refractivity contribution in [3.8, 4) is 0 Å². The Hall–Kier alpha value is -0.130. The molecule has 0 bridgehead atoms. The Kier molecular flexibility index (Phi) is 5.21. The number of hydrogen-bond donors (Lipinski definition) is 2. The lowest BCUT2D eigenvalue weighted by Crippen LogP contribution is -2.43. The van der Waals surface area contributed by atoms with Gasteiger partial charge in [-0.25, -0.2) is 13.1 Å². The van der Waals surface area contributed by atoms with Crippen LogP contribution >= 0.6 is 0 Å². The van der Waals surface area contributed by atoms with Gasteiger partial charge >= 0.3 is 0 Å². The second kappa shape index (κ2) is 5.98. The maximum Gasteiger partial charge on any atom is 0.211 e. The molecule has 0 radical (unpaired) electrons. The Labute approximate surface area is 98.5 Å². The number of sulfonamides is 1. The first kappa shape index (κ1) is 13.9. The molecule has 1 fully saturated rings. The summed E-state index contributed by atoms with van der Waals surface area (Å²) < 4.78 is 26.1. The van der Waals surface area contributed by atoms with Crippen LogP contribution in [0, 0.1) is 11.8 Å². The third kappa shape index (κ3) is 4.39. The molecule has 0 aromatic heterocycles. The zero-order valence-electron chi connectivity index (χ0n) is 10.1. The van der Waals surface area contributed by atoms with E-state index in [4.69, 9.17) is 5.11 Å². The third-order valence-electron chi connectivity index (χ3n) is 3.33. The first-order chi connectivity index (χ1) is 7.44. The van der Waals surface area contributed by atoms with Crippen molar-refractivity contribution in [1.82, 2.24) is 4.72 Å². The number of aliphatic hydroxyl groups excluding tert-OH is 1. The molecular formula is C11H23NO3S. The normalized spacial score (nSPS) is 31.6. The Morgan fingerprint density at radius 1 is 1.31 bits per heavy atom. The van der Waals surface area contributed by atoms with E-state index < -0.39 is 10.0 Å². The fraction of sp³-hybridized carbons (Fsp3) is 1.00. The van der Waals surface area contributed by atoms with Crippen LogP contribution in [0.4, 0.5) is 0 Å². The molecule has 0 aromatic rings. The predicted octanol–water partition coefficient (Wildman–Crippen LogP) is 1.11. The second-order valence-electron chi connectivity index (χ2n) is 5.02. The van der Waals surface area contributed by atoms with Gasteiger partial charge in [0.2, 0.25) is 10.0 Å². The Balaban J connectivity index is 2.47. The maximum absolute atomic E-state index is 11.7. The van der Waals surface area contributed by atoms with E-state index in [1.54, 1.807) is 0 Å². The Morgan fingerprint density at radius 3 is 2.56 bits per heavy atom. The number of rotatable bonds is 5. The molecule has 3 unspecified atom stereocenters. The first-order valence-electron chi connectivity index (χ1n) is 6.05. The first-order valence-corrected chi connectivity index (χ1v) is 7.70. The van der Waals surface area contributed by atoms with Crippen molar-refractivity contribution in [1.29, 1.82) is 0 Å². The van der Waals surface area contributed by atoms with Gasteiger partial charge in [0, 0.05) is 12.6 Å². The molecule has 96 valence electrons. The largest absolute Gasteiger partial charge is 0.396 e. The molecule has 1 aliphatic carbocycles. The van der Waals surface area contributed by atoms with Gasteiger partial charge in [-0.2, -0.15) is 0 Å². The van der Waals surface area contributed by atoms with Crippen molar-refractivity contribution in [3.05, 3.63) is 0 Å². The van der Waals surface area contributed by atoms with E-state index in [0.717, 1.165) is 19.3 Å². The topological polar surface area (TPSA) is 66.4 Å². The van der Waals surface area contributed by atoms with Gasteiger partial charge < -0.3 is 5.11 Å². The summed E-state index contributed by atoms with van der Waals surface area (Å²) in [5, 5.41) is 8.63. The molecule has 4 nitrogen and oxygen atoms in total. The molecule has 0 amide bonds. The highest BCUT2D eigenvalue weighted by molar-refractivity contribution is 7.89. The minimum atomic E-state index is -3.20. The summed E-state index contributed by atoms with van der Waals surface area (Å²) >= 11 is 0. The average molecular weight is 249 g/mol. The summed E-state index contributed by atoms with van der Waals surface area (Å²) in [7, 11) is -3.20. The predicted molar refractivity (Wildman–Crippen MR) is 64.6 cm³/mol. The average Bonchev–Trinajstić information content (AvgIpc) is 2.19. The summed E-state index contributed by atoms with van der Waals surface area (Å²) in [6.07, 6.45) is 3.43. The fourth-order valence-electron chi connectivity index (χ4n) is 2.38. The fourth-order valence-corrected chi connectivity index (χ4v) is 3.82. The lowest BCUT2D eigenvalue weighted by Gasteiger charge is -2.32. The monoisotopic (exact) mass is 249 g/mol. The molecule has 1 aliphatic rings. The summed E-state index contributed by atoms with van der Waals surface area (Å²) in [6, 6.07) is 0.0832. The summed E-state index contributed by atoms with van der Waals surface area (Å²) in [6.45, 7) is 4.25. The molecule has 1 saturated carbocycles. The van der Waals surface area contributed by atoms with E-state index in [-0.39, 0.29) is 18.4 Å². The SMILES string of the molecule is CC1CCC(NS(=O)(=O)CCCO)C(C)C1. The second-order valence-corrected chi connectivity index (χ2v) is 6.89. The highest BCUT2D eigenvalue weighted by Gasteiger charge is 2.28. The van der Waals surface area contributed by atoms with Gasteiger partial charge in [0.25, 0.3) is 0 Å². The number of nitrogens with one attached hydrogen (secondary N) is 1. The van der Waals surface area contributed by atoms with Gasteiger partial charge in [-0.3, -0.25) is 0 Å². The van der Waals surface area contributed by atoms with E-state index >= 15 is 0 Å². The van der Waals surface area contributed by atoms with Crippen LogP contribution in [0.5, 0.6) is 0 Å². The quantitative estimate of drug-likeness (QED) is 0.767. The highest BCUT2D eigenvalue weighted by Crippen LogP contribution is 2.28. The van der Waals surface area contributed by atoms with E-state index in [1.165, 1.54) is 0 Å². The van der Waals surface area contributed by atoms with E-state index in [1.807, 2.05) is 0 Å². The zero-order chi connectivity index (χ0) is 12.2. The zero-order valence-corrected chi connectivity index (χ0v) is 11.0. The van der Waals surface area contributed by atoms with E-state index in [9.17, 15) is 8.42 Å². The Morgan fingerprint density at radius 2 is 2.00 bits per heavy atom. The van der Waals surface area contributed by atoms with Crippen LogP contribution in [-0.2, 0) is 10.0 Å². The molecular weight excluding hydrogens is 226 g/mol. The van der Waals surface area contributed by atoms with Crippen LogP contribution in [0.1, 0.15) is 39.5 Å². The van der Waals surface area contributed by atoms with Crippen LogP contribution in [0.25, 0.3) is 0 Å². The van der Waals surface area contributed by atoms with Crippen molar-refractivity contribution in [3.63, 3.8) is 0 Å². The molecule has 0 saturated heterocycles. The van der Waals surface area contributed by atoms with Gasteiger partial charge in [0.05, 0.1) is 5.75 Å². The summed E-state index contributed by atoms with van der Waals surface area (Å²) in [4.78, 5) is 0. The van der Waals surface area contributed by atoms with Crippen LogP contribution in [0.2, 0.25) is 0 Å². The van der Waals surface area contributed by atoms with E-state index in [2.05, 4.69) is 18.6 Å². The molecule has 0 aliphatic heterocycles. The van der Waals surface area contributed by atoms with E-state index in [0.29, 0.717) is 18.3 Å². The highest BCUT2D eigenvalue weighted by atomic mass is 32.2. The van der Waals surface area contributed by atoms with Gasteiger partial charge in [0.15, 0.2) is 0 Å². The number of aliphatic hydroxyl groups is 1. The molecule has 0 heterocycles. The molecule has 2 N–H and O–H groups in total. The van der Waals surface area contributed by atoms with Gasteiger partial charge in [-0.15, -0.1) is 0 Å². The van der Waals surface area contributed by atoms with Crippen molar-refractivity contribution in [2.45, 2.75) is 45.6 Å². The van der Waals surface area contributed by atoms with Crippen LogP contribution in [0.15, 0.2) is 0 Å². The minimum Gasteiger partial charge on any atom is -0.396 e. The molecule has 5 heteroatoms. The third-order valence-corrected chi connectivity index (χ3v) is 4.82. The molecule has 1 rings (SSSR count). The van der Waals surface area contributed by atoms with Crippen molar-refractivity contribution >= 4 is 10.0 Å².